The van der Waals surface area contributed by atoms with Crippen molar-refractivity contribution in [2.45, 2.75) is 23.7 Å². The Morgan fingerprint density at radius 1 is 1.29 bits per heavy atom. The zero-order valence-electron chi connectivity index (χ0n) is 16.2. The van der Waals surface area contributed by atoms with Crippen LogP contribution >= 0.6 is 11.6 Å². The van der Waals surface area contributed by atoms with Crippen LogP contribution in [-0.2, 0) is 20.4 Å². The maximum atomic E-state index is 12.6. The molecule has 2 N–H and O–H groups in total. The van der Waals surface area contributed by atoms with Crippen molar-refractivity contribution in [1.82, 2.24) is 10.1 Å². The Kier molecular flexibility index (Phi) is 6.70. The maximum absolute atomic E-state index is 12.6. The van der Waals surface area contributed by atoms with Crippen LogP contribution in [0.5, 0.6) is 0 Å². The molecule has 3 aromatic rings. The van der Waals surface area contributed by atoms with Gasteiger partial charge in [0, 0.05) is 16.8 Å². The van der Waals surface area contributed by atoms with Crippen LogP contribution < -0.4 is 5.32 Å². The van der Waals surface area contributed by atoms with Gasteiger partial charge < -0.3 is 14.9 Å². The molecule has 0 spiro atoms. The molecule has 0 fully saturated rings. The number of nitrogens with one attached hydrogen (secondary N) is 1. The second kappa shape index (κ2) is 9.26. The van der Waals surface area contributed by atoms with Crippen molar-refractivity contribution >= 4 is 33.2 Å². The van der Waals surface area contributed by atoms with Crippen LogP contribution in [0.15, 0.2) is 58.2 Å². The molecule has 2 aromatic heterocycles. The second-order valence-electron chi connectivity index (χ2n) is 6.61. The largest absolute Gasteiger partial charge is 0.386 e. The van der Waals surface area contributed by atoms with E-state index in [1.807, 2.05) is 0 Å². The molecule has 11 heteroatoms. The number of amides is 1. The highest BCUT2D eigenvalue weighted by molar-refractivity contribution is 7.90. The van der Waals surface area contributed by atoms with Gasteiger partial charge in [0.2, 0.25) is 5.91 Å². The first-order valence-corrected chi connectivity index (χ1v) is 11.0. The molecule has 1 aromatic carbocycles. The van der Waals surface area contributed by atoms with Crippen LogP contribution in [0, 0.1) is 24.2 Å². The lowest BCUT2D eigenvalue weighted by atomic mass is 9.97. The number of aromatic nitrogens is 2. The van der Waals surface area contributed by atoms with E-state index in [0.29, 0.717) is 10.6 Å². The Morgan fingerprint density at radius 3 is 2.61 bits per heavy atom. The first-order chi connectivity index (χ1) is 14.7. The van der Waals surface area contributed by atoms with E-state index in [0.717, 1.165) is 6.20 Å². The third-order valence-corrected chi connectivity index (χ3v) is 6.51. The van der Waals surface area contributed by atoms with Gasteiger partial charge in [-0.05, 0) is 30.7 Å². The molecule has 160 valence electrons. The van der Waals surface area contributed by atoms with Gasteiger partial charge in [-0.1, -0.05) is 35.0 Å². The standard InChI is InChI=1S/C20H17ClN4O5S/c1-12-16(10-24-30-12)19(26)15(8-22)20(27)25-18-7-6-14(9-23-18)31(28,29)11-13-4-2-3-5-17(13)21/h2-7,9-10,15,19,26H,11H2,1H3,(H,23,25,27). The Hall–Kier alpha value is -3.26. The summed E-state index contributed by atoms with van der Waals surface area (Å²) in [6, 6.07) is 10.9. The molecule has 1 amide bonds. The van der Waals surface area contributed by atoms with Crippen LogP contribution in [0.3, 0.4) is 0 Å². The van der Waals surface area contributed by atoms with E-state index in [-0.39, 0.29) is 27.8 Å². The minimum atomic E-state index is -3.72. The number of aliphatic hydroxyl groups is 1. The first kappa shape index (κ1) is 22.4. The number of halogens is 1. The number of hydrogen-bond donors (Lipinski definition) is 2. The normalized spacial score (nSPS) is 13.2. The van der Waals surface area contributed by atoms with Gasteiger partial charge in [0.25, 0.3) is 0 Å². The summed E-state index contributed by atoms with van der Waals surface area (Å²) in [6.45, 7) is 1.54. The molecule has 0 aliphatic carbocycles. The minimum Gasteiger partial charge on any atom is -0.386 e. The number of nitriles is 1. The monoisotopic (exact) mass is 460 g/mol. The number of nitrogens with zero attached hydrogens (tertiary/aromatic N) is 3. The lowest BCUT2D eigenvalue weighted by Crippen LogP contribution is -2.27. The molecule has 0 saturated heterocycles. The summed E-state index contributed by atoms with van der Waals surface area (Å²) in [4.78, 5) is 16.3. The molecule has 3 rings (SSSR count). The minimum absolute atomic E-state index is 0.0242. The number of carbonyl (C=O) groups excluding carboxylic acids is 1. The Balaban J connectivity index is 1.72. The molecule has 9 nitrogen and oxygen atoms in total. The van der Waals surface area contributed by atoms with Gasteiger partial charge in [-0.2, -0.15) is 5.26 Å². The average molecular weight is 461 g/mol. The van der Waals surface area contributed by atoms with Crippen LogP contribution in [0.1, 0.15) is 23.0 Å². The summed E-state index contributed by atoms with van der Waals surface area (Å²) >= 11 is 6.03. The van der Waals surface area contributed by atoms with E-state index in [2.05, 4.69) is 15.5 Å². The van der Waals surface area contributed by atoms with Gasteiger partial charge in [0.1, 0.15) is 17.7 Å². The van der Waals surface area contributed by atoms with Gasteiger partial charge in [-0.15, -0.1) is 0 Å². The fraction of sp³-hybridized carbons (Fsp3) is 0.200. The molecule has 2 unspecified atom stereocenters. The van der Waals surface area contributed by atoms with Gasteiger partial charge >= 0.3 is 0 Å². The lowest BCUT2D eigenvalue weighted by Gasteiger charge is -2.15. The summed E-state index contributed by atoms with van der Waals surface area (Å²) in [6.07, 6.45) is 0.879. The number of sulfone groups is 1. The molecule has 0 aliphatic rings. The molecular weight excluding hydrogens is 444 g/mol. The highest BCUT2D eigenvalue weighted by Crippen LogP contribution is 2.26. The van der Waals surface area contributed by atoms with Crippen molar-refractivity contribution in [3.8, 4) is 6.07 Å². The van der Waals surface area contributed by atoms with E-state index in [9.17, 15) is 23.6 Å². The van der Waals surface area contributed by atoms with Crippen LogP contribution in [0.2, 0.25) is 5.02 Å². The van der Waals surface area contributed by atoms with Crippen molar-refractivity contribution in [3.05, 3.63) is 70.7 Å². The van der Waals surface area contributed by atoms with Crippen molar-refractivity contribution in [2.24, 2.45) is 5.92 Å². The summed E-state index contributed by atoms with van der Waals surface area (Å²) in [7, 11) is -3.72. The Morgan fingerprint density at radius 2 is 2.03 bits per heavy atom. The number of aliphatic hydroxyl groups excluding tert-OH is 1. The lowest BCUT2D eigenvalue weighted by molar-refractivity contribution is -0.121. The van der Waals surface area contributed by atoms with Crippen LogP contribution in [0.4, 0.5) is 5.82 Å². The molecule has 2 atom stereocenters. The number of hydrogen-bond acceptors (Lipinski definition) is 8. The highest BCUT2D eigenvalue weighted by Gasteiger charge is 2.31. The van der Waals surface area contributed by atoms with E-state index in [1.165, 1.54) is 18.3 Å². The van der Waals surface area contributed by atoms with Gasteiger partial charge in [-0.25, -0.2) is 13.4 Å². The fourth-order valence-corrected chi connectivity index (χ4v) is 4.39. The molecule has 0 radical (unpaired) electrons. The maximum Gasteiger partial charge on any atom is 0.245 e. The predicted molar refractivity (Wildman–Crippen MR) is 111 cm³/mol. The second-order valence-corrected chi connectivity index (χ2v) is 9.00. The topological polar surface area (TPSA) is 146 Å². The third-order valence-electron chi connectivity index (χ3n) is 4.49. The SMILES string of the molecule is Cc1oncc1C(O)C(C#N)C(=O)Nc1ccc(S(=O)(=O)Cc2ccccc2Cl)cn1. The summed E-state index contributed by atoms with van der Waals surface area (Å²) in [5.41, 5.74) is 0.673. The van der Waals surface area contributed by atoms with E-state index in [1.54, 1.807) is 37.3 Å². The molecule has 0 saturated carbocycles. The predicted octanol–water partition coefficient (Wildman–Crippen LogP) is 2.82. The van der Waals surface area contributed by atoms with E-state index >= 15 is 0 Å². The quantitative estimate of drug-likeness (QED) is 0.547. The Bertz CT molecular complexity index is 1230. The zero-order valence-corrected chi connectivity index (χ0v) is 17.8. The molecule has 0 bridgehead atoms. The third kappa shape index (κ3) is 5.08. The first-order valence-electron chi connectivity index (χ1n) is 8.95. The van der Waals surface area contributed by atoms with Crippen LogP contribution in [-0.4, -0.2) is 29.6 Å². The summed E-state index contributed by atoms with van der Waals surface area (Å²) in [5.74, 6) is -2.26. The van der Waals surface area contributed by atoms with Crippen LogP contribution in [0.25, 0.3) is 0 Å². The number of anilines is 1. The molecule has 0 aliphatic heterocycles. The number of rotatable bonds is 7. The average Bonchev–Trinajstić information content (AvgIpc) is 3.16. The molecule has 31 heavy (non-hydrogen) atoms. The smallest absolute Gasteiger partial charge is 0.245 e. The fourth-order valence-electron chi connectivity index (χ4n) is 2.79. The van der Waals surface area contributed by atoms with Crippen molar-refractivity contribution in [3.63, 3.8) is 0 Å². The number of benzene rings is 1. The summed E-state index contributed by atoms with van der Waals surface area (Å²) in [5, 5.41) is 25.9. The zero-order chi connectivity index (χ0) is 22.6. The van der Waals surface area contributed by atoms with E-state index in [4.69, 9.17) is 16.1 Å². The molecule has 2 heterocycles. The Labute approximate surface area is 183 Å². The highest BCUT2D eigenvalue weighted by atomic mass is 35.5. The number of aryl methyl sites for hydroxylation is 1. The van der Waals surface area contributed by atoms with Crippen molar-refractivity contribution in [2.75, 3.05) is 5.32 Å². The van der Waals surface area contributed by atoms with E-state index < -0.39 is 27.8 Å². The van der Waals surface area contributed by atoms with Gasteiger partial charge in [-0.3, -0.25) is 4.79 Å². The van der Waals surface area contributed by atoms with Crippen molar-refractivity contribution < 1.29 is 22.8 Å². The van der Waals surface area contributed by atoms with Gasteiger partial charge in [0.05, 0.1) is 22.9 Å². The van der Waals surface area contributed by atoms with Crippen molar-refractivity contribution in [1.29, 1.82) is 5.26 Å². The molecular formula is C20H17ClN4O5S. The number of pyridine rings is 1. The number of carbonyl (C=O) groups is 1. The summed E-state index contributed by atoms with van der Waals surface area (Å²) < 4.78 is 30.1. The van der Waals surface area contributed by atoms with Gasteiger partial charge in [0.15, 0.2) is 15.8 Å².